The van der Waals surface area contributed by atoms with Crippen molar-refractivity contribution in [2.75, 3.05) is 0 Å². The SMILES string of the molecule is C=Cc1ccccc1[Si](C)(C)O[Si](C)(C)O[SiH2]C. The molecule has 0 aliphatic heterocycles. The summed E-state index contributed by atoms with van der Waals surface area (Å²) < 4.78 is 12.4. The summed E-state index contributed by atoms with van der Waals surface area (Å²) in [5.74, 6) is 0. The third-order valence-electron chi connectivity index (χ3n) is 2.82. The van der Waals surface area contributed by atoms with Gasteiger partial charge >= 0.3 is 8.56 Å². The summed E-state index contributed by atoms with van der Waals surface area (Å²) in [6.45, 7) is 14.8. The Balaban J connectivity index is 3.02. The molecule has 5 heteroatoms. The first-order valence-electron chi connectivity index (χ1n) is 6.38. The molecule has 0 fully saturated rings. The second kappa shape index (κ2) is 6.12. The van der Waals surface area contributed by atoms with Crippen molar-refractivity contribution in [3.63, 3.8) is 0 Å². The summed E-state index contributed by atoms with van der Waals surface area (Å²) in [5, 5.41) is 1.31. The maximum absolute atomic E-state index is 6.44. The van der Waals surface area contributed by atoms with Gasteiger partial charge in [0.2, 0.25) is 8.32 Å². The highest BCUT2D eigenvalue weighted by molar-refractivity contribution is 6.91. The van der Waals surface area contributed by atoms with E-state index >= 15 is 0 Å². The molecule has 1 aromatic rings. The minimum Gasteiger partial charge on any atom is -0.442 e. The smallest absolute Gasteiger partial charge is 0.311 e. The maximum atomic E-state index is 6.44. The van der Waals surface area contributed by atoms with E-state index in [1.165, 1.54) is 10.8 Å². The Bertz CT molecular complexity index is 416. The molecule has 0 bridgehead atoms. The molecular weight excluding hydrogens is 272 g/mol. The number of rotatable bonds is 6. The Morgan fingerprint density at radius 3 is 2.33 bits per heavy atom. The van der Waals surface area contributed by atoms with Crippen molar-refractivity contribution in [3.05, 3.63) is 36.4 Å². The Kier molecular flexibility index (Phi) is 5.30. The van der Waals surface area contributed by atoms with Crippen molar-refractivity contribution in [2.24, 2.45) is 0 Å². The van der Waals surface area contributed by atoms with Gasteiger partial charge in [-0.3, -0.25) is 0 Å². The Morgan fingerprint density at radius 2 is 1.78 bits per heavy atom. The molecular formula is C13H24O2Si3. The van der Waals surface area contributed by atoms with Crippen LogP contribution in [0.15, 0.2) is 30.8 Å². The van der Waals surface area contributed by atoms with Crippen LogP contribution in [0.5, 0.6) is 0 Å². The Hall–Kier alpha value is -0.469. The molecule has 0 radical (unpaired) electrons. The lowest BCUT2D eigenvalue weighted by Gasteiger charge is -2.34. The molecule has 0 saturated heterocycles. The van der Waals surface area contributed by atoms with Gasteiger partial charge in [0.25, 0.3) is 0 Å². The summed E-state index contributed by atoms with van der Waals surface area (Å²) in [5.41, 5.74) is 1.19. The van der Waals surface area contributed by atoms with Crippen LogP contribution in [0.25, 0.3) is 6.08 Å². The van der Waals surface area contributed by atoms with Crippen molar-refractivity contribution in [3.8, 4) is 0 Å². The third-order valence-corrected chi connectivity index (χ3v) is 12.5. The molecule has 0 aliphatic carbocycles. The lowest BCUT2D eigenvalue weighted by molar-refractivity contribution is 0.415. The van der Waals surface area contributed by atoms with Crippen LogP contribution in [0.3, 0.4) is 0 Å². The van der Waals surface area contributed by atoms with E-state index in [2.05, 4.69) is 57.5 Å². The molecule has 1 rings (SSSR count). The summed E-state index contributed by atoms with van der Waals surface area (Å²) >= 11 is 0. The average Bonchev–Trinajstić information content (AvgIpc) is 2.27. The van der Waals surface area contributed by atoms with Gasteiger partial charge in [-0.1, -0.05) is 43.5 Å². The van der Waals surface area contributed by atoms with E-state index in [9.17, 15) is 0 Å². The zero-order chi connectivity index (χ0) is 13.8. The van der Waals surface area contributed by atoms with Gasteiger partial charge in [0.1, 0.15) is 9.76 Å². The Morgan fingerprint density at radius 1 is 1.17 bits per heavy atom. The maximum Gasteiger partial charge on any atom is 0.311 e. The molecule has 100 valence electrons. The van der Waals surface area contributed by atoms with Gasteiger partial charge in [0.15, 0.2) is 0 Å². The summed E-state index contributed by atoms with van der Waals surface area (Å²) in [6.07, 6.45) is 1.91. The largest absolute Gasteiger partial charge is 0.442 e. The molecule has 18 heavy (non-hydrogen) atoms. The standard InChI is InChI=1S/C13H24O2Si3/c1-7-12-10-8-9-11-13(12)17(3,4)15-18(5,6)14-16-2/h7-11H,1,16H2,2-6H3. The highest BCUT2D eigenvalue weighted by atomic mass is 28.5. The van der Waals surface area contributed by atoms with E-state index in [4.69, 9.17) is 8.23 Å². The predicted octanol–water partition coefficient (Wildman–Crippen LogP) is 2.61. The molecule has 0 N–H and O–H groups in total. The number of benzene rings is 1. The monoisotopic (exact) mass is 296 g/mol. The average molecular weight is 297 g/mol. The van der Waals surface area contributed by atoms with Crippen LogP contribution in [0.4, 0.5) is 0 Å². The van der Waals surface area contributed by atoms with Gasteiger partial charge in [0, 0.05) is 0 Å². The molecule has 0 aliphatic rings. The number of hydrogen-bond donors (Lipinski definition) is 0. The zero-order valence-electron chi connectivity index (χ0n) is 12.1. The van der Waals surface area contributed by atoms with Crippen molar-refractivity contribution in [2.45, 2.75) is 32.7 Å². The van der Waals surface area contributed by atoms with E-state index < -0.39 is 26.6 Å². The van der Waals surface area contributed by atoms with E-state index in [1.807, 2.05) is 12.1 Å². The Labute approximate surface area is 115 Å². The normalized spacial score (nSPS) is 13.2. The fraction of sp³-hybridized carbons (Fsp3) is 0.385. The van der Waals surface area contributed by atoms with Crippen molar-refractivity contribution in [1.29, 1.82) is 0 Å². The lowest BCUT2D eigenvalue weighted by Crippen LogP contribution is -2.54. The van der Waals surface area contributed by atoms with Gasteiger partial charge < -0.3 is 8.23 Å². The molecule has 0 spiro atoms. The van der Waals surface area contributed by atoms with Gasteiger partial charge in [0.05, 0.1) is 0 Å². The second-order valence-corrected chi connectivity index (χ2v) is 14.1. The summed E-state index contributed by atoms with van der Waals surface area (Å²) in [7, 11) is -4.31. The van der Waals surface area contributed by atoms with Crippen LogP contribution in [0, 0.1) is 0 Å². The van der Waals surface area contributed by atoms with Gasteiger partial charge in [-0.2, -0.15) is 0 Å². The van der Waals surface area contributed by atoms with Crippen LogP contribution in [-0.2, 0) is 8.23 Å². The zero-order valence-corrected chi connectivity index (χ0v) is 15.5. The minimum atomic E-state index is -1.97. The van der Waals surface area contributed by atoms with Crippen LogP contribution in [-0.4, -0.2) is 26.6 Å². The minimum absolute atomic E-state index is 0.415. The van der Waals surface area contributed by atoms with Crippen LogP contribution in [0.1, 0.15) is 5.56 Å². The van der Waals surface area contributed by atoms with Gasteiger partial charge in [-0.25, -0.2) is 0 Å². The third kappa shape index (κ3) is 4.03. The second-order valence-electron chi connectivity index (χ2n) is 5.24. The van der Waals surface area contributed by atoms with Crippen molar-refractivity contribution >= 4 is 37.9 Å². The molecule has 2 nitrogen and oxygen atoms in total. The topological polar surface area (TPSA) is 18.5 Å². The van der Waals surface area contributed by atoms with Crippen LogP contribution >= 0.6 is 0 Å². The fourth-order valence-corrected chi connectivity index (χ4v) is 12.6. The molecule has 1 aromatic carbocycles. The van der Waals surface area contributed by atoms with E-state index in [0.717, 1.165) is 0 Å². The summed E-state index contributed by atoms with van der Waals surface area (Å²) in [6, 6.07) is 8.38. The van der Waals surface area contributed by atoms with E-state index in [-0.39, 0.29) is 0 Å². The fourth-order valence-electron chi connectivity index (χ4n) is 2.27. The quantitative estimate of drug-likeness (QED) is 0.751. The molecule has 0 atom stereocenters. The van der Waals surface area contributed by atoms with Crippen molar-refractivity contribution < 1.29 is 8.23 Å². The number of hydrogen-bond acceptors (Lipinski definition) is 2. The predicted molar refractivity (Wildman–Crippen MR) is 87.7 cm³/mol. The molecule has 0 heterocycles. The first-order valence-corrected chi connectivity index (χ1v) is 14.1. The van der Waals surface area contributed by atoms with E-state index in [1.54, 1.807) is 0 Å². The van der Waals surface area contributed by atoms with E-state index in [0.29, 0.717) is 0 Å². The molecule has 0 unspecified atom stereocenters. The first-order chi connectivity index (χ1) is 8.32. The van der Waals surface area contributed by atoms with Crippen LogP contribution < -0.4 is 5.19 Å². The molecule has 0 saturated carbocycles. The molecule has 0 aromatic heterocycles. The molecule has 0 amide bonds. The van der Waals surface area contributed by atoms with Crippen LogP contribution in [0.2, 0.25) is 32.7 Å². The van der Waals surface area contributed by atoms with Gasteiger partial charge in [-0.15, -0.1) is 0 Å². The van der Waals surface area contributed by atoms with Gasteiger partial charge in [-0.05, 0) is 36.9 Å². The summed E-state index contributed by atoms with van der Waals surface area (Å²) in [4.78, 5) is 0. The van der Waals surface area contributed by atoms with Crippen molar-refractivity contribution in [1.82, 2.24) is 0 Å². The highest BCUT2D eigenvalue weighted by Gasteiger charge is 2.36. The lowest BCUT2D eigenvalue weighted by atomic mass is 10.2. The highest BCUT2D eigenvalue weighted by Crippen LogP contribution is 2.17. The first kappa shape index (κ1) is 15.6.